The third kappa shape index (κ3) is 7.94. The predicted molar refractivity (Wildman–Crippen MR) is 130 cm³/mol. The van der Waals surface area contributed by atoms with Gasteiger partial charge in [0.15, 0.2) is 0 Å². The normalized spacial score (nSPS) is 9.94. The Bertz CT molecular complexity index is 800. The molecule has 0 aliphatic carbocycles. The van der Waals surface area contributed by atoms with Gasteiger partial charge in [0.25, 0.3) is 0 Å². The van der Waals surface area contributed by atoms with Crippen LogP contribution in [0.1, 0.15) is 33.4 Å². The average Bonchev–Trinajstić information content (AvgIpc) is 2.63. The molecule has 2 aromatic carbocycles. The maximum atomic E-state index is 7.54. The van der Waals surface area contributed by atoms with Crippen molar-refractivity contribution in [2.45, 2.75) is 27.7 Å². The third-order valence-electron chi connectivity index (χ3n) is 4.49. The van der Waals surface area contributed by atoms with Gasteiger partial charge < -0.3 is 25.7 Å². The summed E-state index contributed by atoms with van der Waals surface area (Å²) in [6.45, 7) is 9.48. The van der Waals surface area contributed by atoms with Gasteiger partial charge in [-0.05, 0) is 74.2 Å². The zero-order valence-corrected chi connectivity index (χ0v) is 20.0. The molecule has 172 valence electrons. The molecule has 0 bridgehead atoms. The van der Waals surface area contributed by atoms with Gasteiger partial charge in [-0.15, -0.1) is 24.8 Å². The Morgan fingerprint density at radius 2 is 0.935 bits per heavy atom. The standard InChI is InChI=1S/C22H30N4O3.2ClH/c1-13-9-17(21(23)24)10-14(2)19(13)28-7-5-27-6-8-29-20-15(3)11-18(22(25)26)12-16(20)4;;/h9-12H,5-8H2,1-4H3,(H3,23,24)(H3,25,26);2*1H. The van der Waals surface area contributed by atoms with Crippen LogP contribution in [0.4, 0.5) is 0 Å². The molecular weight excluding hydrogens is 439 g/mol. The highest BCUT2D eigenvalue weighted by Gasteiger charge is 2.09. The van der Waals surface area contributed by atoms with E-state index in [9.17, 15) is 0 Å². The molecule has 6 N–H and O–H groups in total. The molecule has 0 radical (unpaired) electrons. The lowest BCUT2D eigenvalue weighted by Gasteiger charge is -2.15. The van der Waals surface area contributed by atoms with E-state index in [1.807, 2.05) is 52.0 Å². The van der Waals surface area contributed by atoms with Crippen LogP contribution in [0.15, 0.2) is 24.3 Å². The molecule has 0 amide bonds. The fourth-order valence-electron chi connectivity index (χ4n) is 3.17. The maximum absolute atomic E-state index is 7.54. The Labute approximate surface area is 196 Å². The van der Waals surface area contributed by atoms with Gasteiger partial charge in [-0.25, -0.2) is 0 Å². The molecule has 0 heterocycles. The first-order valence-corrected chi connectivity index (χ1v) is 9.45. The first-order chi connectivity index (χ1) is 13.7. The number of hydrogen-bond donors (Lipinski definition) is 4. The Balaban J connectivity index is 0.00000450. The highest BCUT2D eigenvalue weighted by atomic mass is 35.5. The lowest BCUT2D eigenvalue weighted by atomic mass is 10.1. The summed E-state index contributed by atoms with van der Waals surface area (Å²) in [7, 11) is 0. The summed E-state index contributed by atoms with van der Waals surface area (Å²) in [5.74, 6) is 1.69. The van der Waals surface area contributed by atoms with Gasteiger partial charge in [-0.2, -0.15) is 0 Å². The minimum Gasteiger partial charge on any atom is -0.491 e. The number of nitrogens with one attached hydrogen (secondary N) is 2. The second-order valence-electron chi connectivity index (χ2n) is 7.01. The second-order valence-corrected chi connectivity index (χ2v) is 7.01. The van der Waals surface area contributed by atoms with E-state index in [4.69, 9.17) is 36.5 Å². The van der Waals surface area contributed by atoms with Crippen molar-refractivity contribution in [3.63, 3.8) is 0 Å². The third-order valence-corrected chi connectivity index (χ3v) is 4.49. The molecule has 0 spiro atoms. The maximum Gasteiger partial charge on any atom is 0.125 e. The lowest BCUT2D eigenvalue weighted by Crippen LogP contribution is -2.15. The summed E-state index contributed by atoms with van der Waals surface area (Å²) in [6, 6.07) is 7.39. The number of nitrogen functional groups attached to an aromatic ring is 2. The van der Waals surface area contributed by atoms with E-state index >= 15 is 0 Å². The summed E-state index contributed by atoms with van der Waals surface area (Å²) >= 11 is 0. The van der Waals surface area contributed by atoms with Crippen molar-refractivity contribution in [1.82, 2.24) is 0 Å². The first-order valence-electron chi connectivity index (χ1n) is 9.45. The number of halogens is 2. The fraction of sp³-hybridized carbons (Fsp3) is 0.364. The lowest BCUT2D eigenvalue weighted by molar-refractivity contribution is 0.0758. The van der Waals surface area contributed by atoms with Gasteiger partial charge in [0.05, 0.1) is 13.2 Å². The van der Waals surface area contributed by atoms with Gasteiger partial charge in [0, 0.05) is 11.1 Å². The minimum absolute atomic E-state index is 0. The molecule has 7 nitrogen and oxygen atoms in total. The first kappa shape index (κ1) is 28.5. The zero-order chi connectivity index (χ0) is 21.6. The van der Waals surface area contributed by atoms with E-state index in [1.165, 1.54) is 0 Å². The minimum atomic E-state index is 0. The van der Waals surface area contributed by atoms with E-state index in [-0.39, 0.29) is 36.5 Å². The quantitative estimate of drug-likeness (QED) is 0.238. The van der Waals surface area contributed by atoms with E-state index in [2.05, 4.69) is 0 Å². The molecule has 0 aliphatic rings. The summed E-state index contributed by atoms with van der Waals surface area (Å²) in [5.41, 5.74) is 16.3. The largest absolute Gasteiger partial charge is 0.491 e. The molecule has 0 aliphatic heterocycles. The number of aryl methyl sites for hydroxylation is 4. The number of ether oxygens (including phenoxy) is 3. The molecule has 0 saturated carbocycles. The van der Waals surface area contributed by atoms with E-state index < -0.39 is 0 Å². The molecule has 9 heteroatoms. The molecule has 0 atom stereocenters. The van der Waals surface area contributed by atoms with Crippen molar-refractivity contribution in [3.05, 3.63) is 57.6 Å². The van der Waals surface area contributed by atoms with Crippen LogP contribution in [-0.4, -0.2) is 38.1 Å². The Morgan fingerprint density at radius 3 is 1.19 bits per heavy atom. The van der Waals surface area contributed by atoms with Crippen molar-refractivity contribution >= 4 is 36.5 Å². The highest BCUT2D eigenvalue weighted by Crippen LogP contribution is 2.25. The molecule has 31 heavy (non-hydrogen) atoms. The van der Waals surface area contributed by atoms with E-state index in [0.717, 1.165) is 33.8 Å². The van der Waals surface area contributed by atoms with Gasteiger partial charge in [0.2, 0.25) is 0 Å². The van der Waals surface area contributed by atoms with Crippen molar-refractivity contribution in [2.24, 2.45) is 11.5 Å². The SMILES string of the molecule is Cc1cc(C(=N)N)cc(C)c1OCCOCCOc1c(C)cc(C(=N)N)cc1C.Cl.Cl. The molecule has 0 unspecified atom stereocenters. The number of rotatable bonds is 10. The van der Waals surface area contributed by atoms with Crippen molar-refractivity contribution in [1.29, 1.82) is 10.8 Å². The monoisotopic (exact) mass is 470 g/mol. The Kier molecular flexibility index (Phi) is 12.0. The smallest absolute Gasteiger partial charge is 0.125 e. The molecule has 2 rings (SSSR count). The number of nitrogens with two attached hydrogens (primary N) is 2. The molecular formula is C22H32Cl2N4O3. The Morgan fingerprint density at radius 1 is 0.645 bits per heavy atom. The van der Waals surface area contributed by atoms with Gasteiger partial charge in [0.1, 0.15) is 36.4 Å². The van der Waals surface area contributed by atoms with Crippen LogP contribution in [0.5, 0.6) is 11.5 Å². The molecule has 0 fully saturated rings. The van der Waals surface area contributed by atoms with Gasteiger partial charge >= 0.3 is 0 Å². The Hall–Kier alpha value is -2.48. The topological polar surface area (TPSA) is 127 Å². The van der Waals surface area contributed by atoms with E-state index in [1.54, 1.807) is 0 Å². The number of benzene rings is 2. The van der Waals surface area contributed by atoms with Crippen molar-refractivity contribution in [2.75, 3.05) is 26.4 Å². The highest BCUT2D eigenvalue weighted by molar-refractivity contribution is 5.96. The average molecular weight is 471 g/mol. The number of hydrogen-bond acceptors (Lipinski definition) is 5. The van der Waals surface area contributed by atoms with Crippen LogP contribution in [-0.2, 0) is 4.74 Å². The summed E-state index contributed by atoms with van der Waals surface area (Å²) in [5, 5.41) is 15.1. The summed E-state index contributed by atoms with van der Waals surface area (Å²) in [6.07, 6.45) is 0. The van der Waals surface area contributed by atoms with Crippen LogP contribution in [0.2, 0.25) is 0 Å². The molecule has 0 aromatic heterocycles. The van der Waals surface area contributed by atoms with Crippen LogP contribution in [0.3, 0.4) is 0 Å². The molecule has 2 aromatic rings. The zero-order valence-electron chi connectivity index (χ0n) is 18.3. The van der Waals surface area contributed by atoms with Crippen LogP contribution < -0.4 is 20.9 Å². The van der Waals surface area contributed by atoms with Crippen LogP contribution in [0.25, 0.3) is 0 Å². The molecule has 0 saturated heterocycles. The second kappa shape index (κ2) is 13.0. The van der Waals surface area contributed by atoms with Crippen LogP contribution >= 0.6 is 24.8 Å². The van der Waals surface area contributed by atoms with Gasteiger partial charge in [-0.3, -0.25) is 10.8 Å². The fourth-order valence-corrected chi connectivity index (χ4v) is 3.17. The number of amidine groups is 2. The summed E-state index contributed by atoms with van der Waals surface area (Å²) < 4.78 is 17.3. The van der Waals surface area contributed by atoms with Crippen LogP contribution in [0, 0.1) is 38.5 Å². The summed E-state index contributed by atoms with van der Waals surface area (Å²) in [4.78, 5) is 0. The predicted octanol–water partition coefficient (Wildman–Crippen LogP) is 3.81. The van der Waals surface area contributed by atoms with Crippen molar-refractivity contribution < 1.29 is 14.2 Å². The van der Waals surface area contributed by atoms with Crippen molar-refractivity contribution in [3.8, 4) is 11.5 Å². The van der Waals surface area contributed by atoms with Gasteiger partial charge in [-0.1, -0.05) is 0 Å². The van der Waals surface area contributed by atoms with E-state index in [0.29, 0.717) is 37.6 Å².